The van der Waals surface area contributed by atoms with Crippen LogP contribution in [-0.2, 0) is 17.6 Å². The van der Waals surface area contributed by atoms with Crippen molar-refractivity contribution in [1.82, 2.24) is 15.5 Å². The van der Waals surface area contributed by atoms with Crippen LogP contribution in [0.25, 0.3) is 10.7 Å². The fourth-order valence-corrected chi connectivity index (χ4v) is 4.05. The monoisotopic (exact) mass is 493 g/mol. The fourth-order valence-electron chi connectivity index (χ4n) is 2.94. The predicted octanol–water partition coefficient (Wildman–Crippen LogP) is 4.65. The van der Waals surface area contributed by atoms with Crippen molar-refractivity contribution in [3.8, 4) is 22.2 Å². The third-order valence-corrected chi connectivity index (χ3v) is 6.11. The zero-order valence-electron chi connectivity index (χ0n) is 16.9. The van der Waals surface area contributed by atoms with Crippen molar-refractivity contribution in [3.63, 3.8) is 0 Å². The van der Waals surface area contributed by atoms with Crippen LogP contribution in [0.15, 0.2) is 38.6 Å². The lowest BCUT2D eigenvalue weighted by Gasteiger charge is -2.12. The Kier molecular flexibility index (Phi) is 8.27. The van der Waals surface area contributed by atoms with Crippen LogP contribution in [0.1, 0.15) is 30.7 Å². The van der Waals surface area contributed by atoms with E-state index in [1.807, 2.05) is 29.6 Å². The molecule has 3 aromatic rings. The number of benzene rings is 1. The van der Waals surface area contributed by atoms with Crippen molar-refractivity contribution >= 4 is 33.2 Å². The number of methoxy groups -OCH3 is 2. The highest BCUT2D eigenvalue weighted by atomic mass is 79.9. The summed E-state index contributed by atoms with van der Waals surface area (Å²) >= 11 is 5.07. The Morgan fingerprint density at radius 3 is 2.73 bits per heavy atom. The van der Waals surface area contributed by atoms with E-state index in [1.54, 1.807) is 25.6 Å². The Morgan fingerprint density at radius 2 is 2.00 bits per heavy atom. The highest BCUT2D eigenvalue weighted by molar-refractivity contribution is 9.10. The van der Waals surface area contributed by atoms with Crippen molar-refractivity contribution in [3.05, 3.63) is 45.6 Å². The molecular weight excluding hydrogens is 470 g/mol. The third kappa shape index (κ3) is 6.06. The molecule has 1 N–H and O–H groups in total. The molecule has 0 atom stereocenters. The normalized spacial score (nSPS) is 10.8. The molecule has 0 saturated carbocycles. The van der Waals surface area contributed by atoms with Crippen molar-refractivity contribution in [2.45, 2.75) is 32.1 Å². The van der Waals surface area contributed by atoms with Gasteiger partial charge in [-0.05, 0) is 42.0 Å². The van der Waals surface area contributed by atoms with E-state index in [9.17, 15) is 4.79 Å². The summed E-state index contributed by atoms with van der Waals surface area (Å²) < 4.78 is 16.7. The van der Waals surface area contributed by atoms with Crippen LogP contribution >= 0.6 is 27.3 Å². The van der Waals surface area contributed by atoms with E-state index in [0.29, 0.717) is 29.8 Å². The number of hydrogen-bond acceptors (Lipinski definition) is 7. The minimum Gasteiger partial charge on any atom is -0.493 e. The van der Waals surface area contributed by atoms with E-state index < -0.39 is 0 Å². The van der Waals surface area contributed by atoms with Crippen LogP contribution in [0.2, 0.25) is 0 Å². The molecule has 1 aromatic carbocycles. The van der Waals surface area contributed by atoms with Crippen LogP contribution in [-0.4, -0.2) is 36.8 Å². The molecule has 2 heterocycles. The SMILES string of the molecule is COc1cc(Br)c(CC(=O)NCCCCCc2nc(-c3cccs3)no2)cc1OC. The summed E-state index contributed by atoms with van der Waals surface area (Å²) in [6.07, 6.45) is 3.81. The maximum Gasteiger partial charge on any atom is 0.226 e. The lowest BCUT2D eigenvalue weighted by Crippen LogP contribution is -2.26. The van der Waals surface area contributed by atoms with Gasteiger partial charge in [-0.2, -0.15) is 4.98 Å². The number of ether oxygens (including phenoxy) is 2. The standard InChI is InChI=1S/C21H24BrN3O4S/c1-27-16-11-14(15(22)13-17(16)28-2)12-19(26)23-9-5-3-4-8-20-24-21(25-29-20)18-7-6-10-30-18/h6-7,10-11,13H,3-5,8-9,12H2,1-2H3,(H,23,26). The largest absolute Gasteiger partial charge is 0.493 e. The molecule has 0 aliphatic carbocycles. The van der Waals surface area contributed by atoms with Gasteiger partial charge >= 0.3 is 0 Å². The summed E-state index contributed by atoms with van der Waals surface area (Å²) in [6, 6.07) is 7.57. The number of hydrogen-bond donors (Lipinski definition) is 1. The fraction of sp³-hybridized carbons (Fsp3) is 0.381. The quantitative estimate of drug-likeness (QED) is 0.391. The van der Waals surface area contributed by atoms with Crippen LogP contribution in [0.5, 0.6) is 11.5 Å². The van der Waals surface area contributed by atoms with Gasteiger partial charge < -0.3 is 19.3 Å². The zero-order chi connectivity index (χ0) is 21.3. The molecule has 0 bridgehead atoms. The molecule has 2 aromatic heterocycles. The van der Waals surface area contributed by atoms with Gasteiger partial charge in [-0.15, -0.1) is 11.3 Å². The Balaban J connectivity index is 1.35. The summed E-state index contributed by atoms with van der Waals surface area (Å²) in [5.74, 6) is 2.50. The maximum absolute atomic E-state index is 12.3. The lowest BCUT2D eigenvalue weighted by atomic mass is 10.1. The first kappa shape index (κ1) is 22.3. The Labute approximate surface area is 187 Å². The van der Waals surface area contributed by atoms with Crippen molar-refractivity contribution in [1.29, 1.82) is 0 Å². The second kappa shape index (κ2) is 11.1. The average Bonchev–Trinajstić information content (AvgIpc) is 3.43. The number of nitrogens with zero attached hydrogens (tertiary/aromatic N) is 2. The van der Waals surface area contributed by atoms with E-state index in [1.165, 1.54) is 0 Å². The molecular formula is C21H24BrN3O4S. The van der Waals surface area contributed by atoms with Crippen molar-refractivity contribution in [2.75, 3.05) is 20.8 Å². The molecule has 0 aliphatic heterocycles. The average molecular weight is 494 g/mol. The summed E-state index contributed by atoms with van der Waals surface area (Å²) in [5.41, 5.74) is 0.850. The highest BCUT2D eigenvalue weighted by Gasteiger charge is 2.13. The zero-order valence-corrected chi connectivity index (χ0v) is 19.3. The van der Waals surface area contributed by atoms with E-state index in [-0.39, 0.29) is 12.3 Å². The molecule has 3 rings (SSSR count). The molecule has 160 valence electrons. The van der Waals surface area contributed by atoms with Gasteiger partial charge in [0.15, 0.2) is 11.5 Å². The van der Waals surface area contributed by atoms with Crippen molar-refractivity contribution in [2.24, 2.45) is 0 Å². The molecule has 0 unspecified atom stereocenters. The molecule has 0 radical (unpaired) electrons. The minimum atomic E-state index is -0.0274. The summed E-state index contributed by atoms with van der Waals surface area (Å²) in [6.45, 7) is 0.633. The van der Waals surface area contributed by atoms with Gasteiger partial charge in [0.05, 0.1) is 25.5 Å². The molecule has 7 nitrogen and oxygen atoms in total. The molecule has 0 aliphatic rings. The Hall–Kier alpha value is -2.39. The van der Waals surface area contributed by atoms with E-state index in [4.69, 9.17) is 14.0 Å². The smallest absolute Gasteiger partial charge is 0.226 e. The van der Waals surface area contributed by atoms with Crippen LogP contribution in [0.3, 0.4) is 0 Å². The van der Waals surface area contributed by atoms with Crippen LogP contribution in [0.4, 0.5) is 0 Å². The number of aryl methyl sites for hydroxylation is 1. The van der Waals surface area contributed by atoms with Gasteiger partial charge in [0.1, 0.15) is 0 Å². The summed E-state index contributed by atoms with van der Waals surface area (Å²) in [4.78, 5) is 17.7. The number of halogens is 1. The number of nitrogens with one attached hydrogen (secondary N) is 1. The second-order valence-electron chi connectivity index (χ2n) is 6.63. The van der Waals surface area contributed by atoms with Gasteiger partial charge in [-0.25, -0.2) is 0 Å². The van der Waals surface area contributed by atoms with Gasteiger partial charge in [0, 0.05) is 17.4 Å². The Bertz CT molecular complexity index is 959. The number of aromatic nitrogens is 2. The highest BCUT2D eigenvalue weighted by Crippen LogP contribution is 2.33. The van der Waals surface area contributed by atoms with E-state index in [0.717, 1.165) is 40.6 Å². The van der Waals surface area contributed by atoms with Gasteiger partial charge in [-0.1, -0.05) is 33.6 Å². The molecule has 0 fully saturated rings. The number of amides is 1. The number of thiophene rings is 1. The van der Waals surface area contributed by atoms with Crippen molar-refractivity contribution < 1.29 is 18.8 Å². The molecule has 0 saturated heterocycles. The van der Waals surface area contributed by atoms with E-state index in [2.05, 4.69) is 31.4 Å². The summed E-state index contributed by atoms with van der Waals surface area (Å²) in [5, 5.41) is 8.97. The Morgan fingerprint density at radius 1 is 1.20 bits per heavy atom. The number of carbonyl (C=O) groups is 1. The maximum atomic E-state index is 12.3. The second-order valence-corrected chi connectivity index (χ2v) is 8.43. The minimum absolute atomic E-state index is 0.0274. The number of unbranched alkanes of at least 4 members (excludes halogenated alkanes) is 2. The van der Waals surface area contributed by atoms with Gasteiger partial charge in [-0.3, -0.25) is 4.79 Å². The van der Waals surface area contributed by atoms with Crippen LogP contribution < -0.4 is 14.8 Å². The molecule has 1 amide bonds. The van der Waals surface area contributed by atoms with Crippen LogP contribution in [0, 0.1) is 0 Å². The first-order valence-corrected chi connectivity index (χ1v) is 11.3. The first-order chi connectivity index (χ1) is 14.6. The van der Waals surface area contributed by atoms with Gasteiger partial charge in [0.2, 0.25) is 17.6 Å². The molecule has 30 heavy (non-hydrogen) atoms. The lowest BCUT2D eigenvalue weighted by molar-refractivity contribution is -0.120. The number of carbonyl (C=O) groups excluding carboxylic acids is 1. The third-order valence-electron chi connectivity index (χ3n) is 4.50. The summed E-state index contributed by atoms with van der Waals surface area (Å²) in [7, 11) is 3.16. The van der Waals surface area contributed by atoms with E-state index >= 15 is 0 Å². The van der Waals surface area contributed by atoms with Gasteiger partial charge in [0.25, 0.3) is 0 Å². The topological polar surface area (TPSA) is 86.5 Å². The predicted molar refractivity (Wildman–Crippen MR) is 119 cm³/mol. The number of rotatable bonds is 11. The molecule has 9 heteroatoms. The molecule has 0 spiro atoms. The first-order valence-electron chi connectivity index (χ1n) is 9.64.